The molecule has 0 bridgehead atoms. The van der Waals surface area contributed by atoms with Gasteiger partial charge in [0.1, 0.15) is 0 Å². The Morgan fingerprint density at radius 2 is 1.94 bits per heavy atom. The summed E-state index contributed by atoms with van der Waals surface area (Å²) in [6.45, 7) is 3.08. The van der Waals surface area contributed by atoms with Crippen molar-refractivity contribution in [3.8, 4) is 12.3 Å². The van der Waals surface area contributed by atoms with Gasteiger partial charge in [-0.25, -0.2) is 0 Å². The van der Waals surface area contributed by atoms with Crippen molar-refractivity contribution < 1.29 is 32.2 Å². The van der Waals surface area contributed by atoms with E-state index in [4.69, 9.17) is 25.7 Å². The van der Waals surface area contributed by atoms with E-state index in [9.17, 15) is 8.39 Å². The van der Waals surface area contributed by atoms with Crippen LogP contribution >= 0.6 is 7.91 Å². The molecule has 0 heterocycles. The molecule has 5 nitrogen and oxygen atoms in total. The predicted octanol–water partition coefficient (Wildman–Crippen LogP) is 1.67. The molecule has 0 aromatic carbocycles. The molecule has 0 amide bonds. The molecule has 0 saturated heterocycles. The van der Waals surface area contributed by atoms with Crippen LogP contribution in [-0.4, -0.2) is 42.3 Å². The topological polar surface area (TPSA) is 68.2 Å². The van der Waals surface area contributed by atoms with Crippen molar-refractivity contribution in [2.24, 2.45) is 0 Å². The van der Waals surface area contributed by atoms with E-state index in [1.807, 2.05) is 0 Å². The number of hydrogen-bond acceptors (Lipinski definition) is 5. The monoisotopic (exact) mass is 286 g/mol. The van der Waals surface area contributed by atoms with E-state index in [-0.39, 0.29) is 26.4 Å². The maximum absolute atomic E-state index is 12.6. The third kappa shape index (κ3) is 11.9. The molecule has 1 atom stereocenters. The first-order valence-corrected chi connectivity index (χ1v) is 6.93. The van der Waals surface area contributed by atoms with E-state index in [1.165, 1.54) is 6.08 Å². The molecular formula is C10H17F2O5P. The Kier molecular flexibility index (Phi) is 7.48. The zero-order valence-electron chi connectivity index (χ0n) is 9.80. The second kappa shape index (κ2) is 7.74. The summed E-state index contributed by atoms with van der Waals surface area (Å²) in [6.07, 6.45) is 5.40. The second-order valence-electron chi connectivity index (χ2n) is 3.34. The van der Waals surface area contributed by atoms with E-state index in [2.05, 4.69) is 17.0 Å². The van der Waals surface area contributed by atoms with Gasteiger partial charge in [0, 0.05) is 0 Å². The molecule has 0 aliphatic heterocycles. The van der Waals surface area contributed by atoms with Crippen molar-refractivity contribution >= 4 is 7.91 Å². The van der Waals surface area contributed by atoms with Gasteiger partial charge in [-0.2, -0.15) is 0 Å². The maximum atomic E-state index is 12.6. The molecule has 0 aliphatic rings. The number of hydrogen-bond donors (Lipinski definition) is 2. The molecule has 0 radical (unpaired) electrons. The third-order valence-corrected chi connectivity index (χ3v) is 2.20. The van der Waals surface area contributed by atoms with Crippen LogP contribution < -0.4 is 0 Å². The molecule has 0 aliphatic carbocycles. The van der Waals surface area contributed by atoms with E-state index in [1.54, 1.807) is 0 Å². The van der Waals surface area contributed by atoms with E-state index in [0.717, 1.165) is 0 Å². The SMILES string of the molecule is C#CCCOCC(COCC=C)OP(O)(O)(F)F. The van der Waals surface area contributed by atoms with Crippen molar-refractivity contribution in [2.45, 2.75) is 12.5 Å². The fourth-order valence-corrected chi connectivity index (χ4v) is 1.60. The summed E-state index contributed by atoms with van der Waals surface area (Å²) in [4.78, 5) is 16.8. The van der Waals surface area contributed by atoms with Crippen LogP contribution in [0.2, 0.25) is 0 Å². The van der Waals surface area contributed by atoms with E-state index in [0.29, 0.717) is 6.42 Å². The fraction of sp³-hybridized carbons (Fsp3) is 0.600. The van der Waals surface area contributed by atoms with Crippen molar-refractivity contribution in [1.82, 2.24) is 0 Å². The zero-order chi connectivity index (χ0) is 14.1. The van der Waals surface area contributed by atoms with Crippen molar-refractivity contribution in [1.29, 1.82) is 0 Å². The van der Waals surface area contributed by atoms with Gasteiger partial charge in [0.2, 0.25) is 0 Å². The molecule has 0 rings (SSSR count). The Balaban J connectivity index is 4.17. The molecule has 1 unspecified atom stereocenters. The normalized spacial score (nSPS) is 15.4. The summed E-state index contributed by atoms with van der Waals surface area (Å²) in [5, 5.41) is 0. The zero-order valence-corrected chi connectivity index (χ0v) is 10.7. The van der Waals surface area contributed by atoms with Gasteiger partial charge in [-0.15, -0.1) is 0 Å². The van der Waals surface area contributed by atoms with Gasteiger partial charge in [-0.3, -0.25) is 0 Å². The first kappa shape index (κ1) is 17.4. The molecule has 8 heteroatoms. The predicted molar refractivity (Wildman–Crippen MR) is 63.7 cm³/mol. The first-order valence-electron chi connectivity index (χ1n) is 5.09. The number of halogens is 2. The molecule has 0 fully saturated rings. The van der Waals surface area contributed by atoms with Crippen molar-refractivity contribution in [3.63, 3.8) is 0 Å². The summed E-state index contributed by atoms with van der Waals surface area (Å²) < 4.78 is 39.0. The molecule has 18 heavy (non-hydrogen) atoms. The minimum absolute atomic E-state index is 0.121. The molecule has 0 saturated carbocycles. The first-order chi connectivity index (χ1) is 8.24. The van der Waals surface area contributed by atoms with Gasteiger partial charge < -0.3 is 0 Å². The van der Waals surface area contributed by atoms with E-state index < -0.39 is 14.0 Å². The third-order valence-electron chi connectivity index (χ3n) is 1.56. The Morgan fingerprint density at radius 1 is 1.33 bits per heavy atom. The average molecular weight is 286 g/mol. The van der Waals surface area contributed by atoms with Crippen molar-refractivity contribution in [2.75, 3.05) is 26.4 Å². The summed E-state index contributed by atoms with van der Waals surface area (Å²) in [7, 11) is -7.04. The van der Waals surface area contributed by atoms with Crippen LogP contribution in [0.4, 0.5) is 8.39 Å². The van der Waals surface area contributed by atoms with Crippen LogP contribution in [0.5, 0.6) is 0 Å². The summed E-state index contributed by atoms with van der Waals surface area (Å²) in [5.41, 5.74) is 0. The molecule has 106 valence electrons. The quantitative estimate of drug-likeness (QED) is 0.277. The number of terminal acetylenes is 1. The standard InChI is InChI=1S/C10H17F2O5P/c1-3-5-7-16-9-10(8-15-6-4-2)17-18(11,12,13)14/h1,4,10,13-14H,2,5-9H2. The molecule has 2 N–H and O–H groups in total. The van der Waals surface area contributed by atoms with Crippen LogP contribution in [0.15, 0.2) is 12.7 Å². The van der Waals surface area contributed by atoms with Crippen LogP contribution in [0.3, 0.4) is 0 Å². The van der Waals surface area contributed by atoms with Gasteiger partial charge in [-0.1, -0.05) is 0 Å². The van der Waals surface area contributed by atoms with Crippen LogP contribution in [-0.2, 0) is 14.0 Å². The Labute approximate surface area is 105 Å². The number of ether oxygens (including phenoxy) is 2. The molecule has 0 spiro atoms. The molecule has 0 aromatic rings. The fourth-order valence-electron chi connectivity index (χ4n) is 0.984. The summed E-state index contributed by atoms with van der Waals surface area (Å²) in [5.74, 6) is 2.30. The van der Waals surface area contributed by atoms with Gasteiger partial charge in [-0.05, 0) is 0 Å². The van der Waals surface area contributed by atoms with Crippen molar-refractivity contribution in [3.05, 3.63) is 12.7 Å². The van der Waals surface area contributed by atoms with Gasteiger partial charge in [0.25, 0.3) is 0 Å². The summed E-state index contributed by atoms with van der Waals surface area (Å²) in [6, 6.07) is 0. The van der Waals surface area contributed by atoms with Gasteiger partial charge >= 0.3 is 104 Å². The Bertz CT molecular complexity index is 288. The Morgan fingerprint density at radius 3 is 2.44 bits per heavy atom. The molecule has 0 aromatic heterocycles. The Hall–Kier alpha value is -0.610. The van der Waals surface area contributed by atoms with Crippen LogP contribution in [0.1, 0.15) is 6.42 Å². The summed E-state index contributed by atoms with van der Waals surface area (Å²) >= 11 is 0. The van der Waals surface area contributed by atoms with Gasteiger partial charge in [0.05, 0.1) is 0 Å². The van der Waals surface area contributed by atoms with Crippen LogP contribution in [0, 0.1) is 12.3 Å². The minimum atomic E-state index is -7.04. The van der Waals surface area contributed by atoms with E-state index >= 15 is 0 Å². The second-order valence-corrected chi connectivity index (χ2v) is 5.06. The van der Waals surface area contributed by atoms with Gasteiger partial charge in [0.15, 0.2) is 0 Å². The average Bonchev–Trinajstić information content (AvgIpc) is 2.21. The molecular weight excluding hydrogens is 269 g/mol. The number of rotatable bonds is 10. The van der Waals surface area contributed by atoms with Crippen LogP contribution in [0.25, 0.3) is 0 Å².